The maximum Gasteiger partial charge on any atom is 0.337 e. The Hall–Kier alpha value is -3.88. The van der Waals surface area contributed by atoms with Gasteiger partial charge in [0.25, 0.3) is 5.91 Å². The number of halogens is 2. The summed E-state index contributed by atoms with van der Waals surface area (Å²) in [4.78, 5) is 28.1. The first kappa shape index (κ1) is 26.2. The molecule has 1 aliphatic rings. The molecule has 0 saturated carbocycles. The van der Waals surface area contributed by atoms with Gasteiger partial charge in [-0.05, 0) is 42.8 Å². The molecule has 2 heterocycles. The summed E-state index contributed by atoms with van der Waals surface area (Å²) < 4.78 is 27.3. The fourth-order valence-electron chi connectivity index (χ4n) is 4.46. The van der Waals surface area contributed by atoms with E-state index in [9.17, 15) is 14.0 Å². The molecule has 1 aliphatic heterocycles. The predicted molar refractivity (Wildman–Crippen MR) is 142 cm³/mol. The molecule has 1 amide bonds. The van der Waals surface area contributed by atoms with E-state index in [1.54, 1.807) is 33.7 Å². The third-order valence-corrected chi connectivity index (χ3v) is 6.34. The van der Waals surface area contributed by atoms with Crippen LogP contribution in [0.2, 0.25) is 0 Å². The molecular formula is C28H27ClFN3O4. The van der Waals surface area contributed by atoms with Crippen molar-refractivity contribution in [2.75, 3.05) is 33.3 Å². The number of ether oxygens (including phenoxy) is 2. The van der Waals surface area contributed by atoms with Crippen molar-refractivity contribution < 1.29 is 23.5 Å². The lowest BCUT2D eigenvalue weighted by Crippen LogP contribution is -2.46. The summed E-state index contributed by atoms with van der Waals surface area (Å²) >= 11 is 0. The van der Waals surface area contributed by atoms with Crippen molar-refractivity contribution in [1.29, 1.82) is 0 Å². The van der Waals surface area contributed by atoms with Crippen molar-refractivity contribution in [1.82, 2.24) is 14.8 Å². The number of aryl methyl sites for hydroxylation is 1. The van der Waals surface area contributed by atoms with Crippen LogP contribution >= 0.6 is 12.4 Å². The number of hydrogen-bond donors (Lipinski definition) is 1. The number of nitrogens with zero attached hydrogens (tertiary/aromatic N) is 2. The van der Waals surface area contributed by atoms with Gasteiger partial charge < -0.3 is 19.7 Å². The van der Waals surface area contributed by atoms with Crippen molar-refractivity contribution in [3.8, 4) is 17.3 Å². The van der Waals surface area contributed by atoms with Crippen LogP contribution in [0.5, 0.6) is 11.6 Å². The van der Waals surface area contributed by atoms with Gasteiger partial charge in [-0.15, -0.1) is 12.4 Å². The third-order valence-electron chi connectivity index (χ3n) is 6.34. The maximum atomic E-state index is 14.2. The molecular weight excluding hydrogens is 497 g/mol. The third kappa shape index (κ3) is 5.03. The van der Waals surface area contributed by atoms with Crippen LogP contribution < -0.4 is 10.1 Å². The maximum absolute atomic E-state index is 14.2. The van der Waals surface area contributed by atoms with E-state index in [-0.39, 0.29) is 24.2 Å². The normalized spacial score (nSPS) is 13.2. The zero-order valence-corrected chi connectivity index (χ0v) is 21.3. The Kier molecular flexibility index (Phi) is 7.80. The van der Waals surface area contributed by atoms with E-state index >= 15 is 0 Å². The fourth-order valence-corrected chi connectivity index (χ4v) is 4.46. The molecule has 0 spiro atoms. The summed E-state index contributed by atoms with van der Waals surface area (Å²) in [5.41, 5.74) is 2.75. The molecule has 0 atom stereocenters. The molecule has 1 fully saturated rings. The van der Waals surface area contributed by atoms with Crippen molar-refractivity contribution >= 4 is 35.2 Å². The van der Waals surface area contributed by atoms with Crippen molar-refractivity contribution in [3.05, 3.63) is 89.2 Å². The Labute approximate surface area is 220 Å². The number of hydrogen-bond acceptors (Lipinski definition) is 5. The van der Waals surface area contributed by atoms with Gasteiger partial charge in [0.1, 0.15) is 17.1 Å². The lowest BCUT2D eigenvalue weighted by atomic mass is 10.1. The van der Waals surface area contributed by atoms with Crippen LogP contribution in [-0.2, 0) is 4.74 Å². The van der Waals surface area contributed by atoms with E-state index in [4.69, 9.17) is 9.47 Å². The molecule has 192 valence electrons. The zero-order chi connectivity index (χ0) is 25.2. The summed E-state index contributed by atoms with van der Waals surface area (Å²) in [6.45, 7) is 4.30. The van der Waals surface area contributed by atoms with Crippen LogP contribution in [-0.4, -0.2) is 54.6 Å². The van der Waals surface area contributed by atoms with Gasteiger partial charge in [0.05, 0.1) is 18.2 Å². The molecule has 0 aliphatic carbocycles. The Balaban J connectivity index is 0.00000320. The zero-order valence-electron chi connectivity index (χ0n) is 20.5. The van der Waals surface area contributed by atoms with Crippen molar-refractivity contribution in [3.63, 3.8) is 0 Å². The second kappa shape index (κ2) is 11.0. The monoisotopic (exact) mass is 523 g/mol. The van der Waals surface area contributed by atoms with Crippen LogP contribution in [0.15, 0.2) is 66.7 Å². The molecule has 3 aromatic carbocycles. The van der Waals surface area contributed by atoms with Crippen LogP contribution in [0, 0.1) is 12.7 Å². The lowest BCUT2D eigenvalue weighted by Gasteiger charge is -2.27. The van der Waals surface area contributed by atoms with E-state index < -0.39 is 11.8 Å². The summed E-state index contributed by atoms with van der Waals surface area (Å²) in [5, 5.41) is 3.88. The first-order chi connectivity index (χ1) is 17.5. The topological polar surface area (TPSA) is 72.8 Å². The highest BCUT2D eigenvalue weighted by molar-refractivity contribution is 6.11. The van der Waals surface area contributed by atoms with Gasteiger partial charge in [0.15, 0.2) is 0 Å². The van der Waals surface area contributed by atoms with Gasteiger partial charge in [-0.1, -0.05) is 30.3 Å². The first-order valence-electron chi connectivity index (χ1n) is 11.7. The highest BCUT2D eigenvalue weighted by atomic mass is 35.5. The van der Waals surface area contributed by atoms with Gasteiger partial charge in [0, 0.05) is 43.3 Å². The number of fused-ring (bicyclic) bond motifs is 1. The molecule has 4 aromatic rings. The summed E-state index contributed by atoms with van der Waals surface area (Å²) in [7, 11) is 1.32. The predicted octanol–water partition coefficient (Wildman–Crippen LogP) is 5.12. The number of nitrogens with one attached hydrogen (secondary N) is 1. The number of piperazine rings is 1. The largest absolute Gasteiger partial charge is 0.465 e. The van der Waals surface area contributed by atoms with E-state index in [0.29, 0.717) is 54.0 Å². The summed E-state index contributed by atoms with van der Waals surface area (Å²) in [6.07, 6.45) is 0. The molecule has 9 heteroatoms. The number of methoxy groups -OCH3 is 1. The van der Waals surface area contributed by atoms with E-state index in [0.717, 1.165) is 11.3 Å². The molecule has 1 N–H and O–H groups in total. The van der Waals surface area contributed by atoms with Gasteiger partial charge in [-0.3, -0.25) is 9.36 Å². The number of esters is 1. The SMILES string of the molecule is COC(=O)c1ccc2c(C(=O)N3CCNCC3)c(Oc3cc(F)ccc3C)n(-c3ccccc3)c2c1.Cl. The van der Waals surface area contributed by atoms with E-state index in [1.165, 1.54) is 19.2 Å². The summed E-state index contributed by atoms with van der Waals surface area (Å²) in [5.74, 6) is -0.559. The Morgan fingerprint density at radius 3 is 2.41 bits per heavy atom. The number of benzene rings is 3. The van der Waals surface area contributed by atoms with Crippen LogP contribution in [0.25, 0.3) is 16.6 Å². The number of carbonyl (C=O) groups is 2. The molecule has 1 saturated heterocycles. The second-order valence-electron chi connectivity index (χ2n) is 8.63. The quantitative estimate of drug-likeness (QED) is 0.367. The summed E-state index contributed by atoms with van der Waals surface area (Å²) in [6, 6.07) is 18.8. The minimum Gasteiger partial charge on any atom is -0.465 e. The Morgan fingerprint density at radius 2 is 1.70 bits per heavy atom. The smallest absolute Gasteiger partial charge is 0.337 e. The van der Waals surface area contributed by atoms with Crippen molar-refractivity contribution in [2.24, 2.45) is 0 Å². The number of para-hydroxylation sites is 1. The molecule has 7 nitrogen and oxygen atoms in total. The standard InChI is InChI=1S/C28H26FN3O4.ClH/c1-18-8-10-20(29)17-24(18)36-27-25(26(33)31-14-12-30-13-15-31)22-11-9-19(28(34)35-2)16-23(22)32(27)21-6-4-3-5-7-21;/h3-11,16-17,30H,12-15H2,1-2H3;1H. The van der Waals surface area contributed by atoms with Crippen LogP contribution in [0.4, 0.5) is 4.39 Å². The van der Waals surface area contributed by atoms with Crippen molar-refractivity contribution in [2.45, 2.75) is 6.92 Å². The van der Waals surface area contributed by atoms with E-state index in [2.05, 4.69) is 5.32 Å². The number of carbonyl (C=O) groups excluding carboxylic acids is 2. The Morgan fingerprint density at radius 1 is 0.973 bits per heavy atom. The number of rotatable bonds is 5. The molecule has 5 rings (SSSR count). The van der Waals surface area contributed by atoms with Gasteiger partial charge in [-0.2, -0.15) is 0 Å². The average molecular weight is 524 g/mol. The highest BCUT2D eigenvalue weighted by Gasteiger charge is 2.30. The fraction of sp³-hybridized carbons (Fsp3) is 0.214. The Bertz CT molecular complexity index is 1450. The minimum atomic E-state index is -0.490. The number of aromatic nitrogens is 1. The molecule has 0 bridgehead atoms. The first-order valence-corrected chi connectivity index (χ1v) is 11.7. The van der Waals surface area contributed by atoms with Gasteiger partial charge in [-0.25, -0.2) is 9.18 Å². The van der Waals surface area contributed by atoms with Crippen LogP contribution in [0.1, 0.15) is 26.3 Å². The minimum absolute atomic E-state index is 0. The molecule has 37 heavy (non-hydrogen) atoms. The highest BCUT2D eigenvalue weighted by Crippen LogP contribution is 2.40. The molecule has 0 radical (unpaired) electrons. The lowest BCUT2D eigenvalue weighted by molar-refractivity contribution is 0.0600. The number of amides is 1. The average Bonchev–Trinajstić information content (AvgIpc) is 3.23. The second-order valence-corrected chi connectivity index (χ2v) is 8.63. The van der Waals surface area contributed by atoms with Crippen LogP contribution in [0.3, 0.4) is 0 Å². The van der Waals surface area contributed by atoms with Gasteiger partial charge >= 0.3 is 5.97 Å². The molecule has 0 unspecified atom stereocenters. The molecule has 1 aromatic heterocycles. The van der Waals surface area contributed by atoms with Gasteiger partial charge in [0.2, 0.25) is 5.88 Å². The van der Waals surface area contributed by atoms with E-state index in [1.807, 2.05) is 37.3 Å².